The summed E-state index contributed by atoms with van der Waals surface area (Å²) in [6.07, 6.45) is 1.36. The van der Waals surface area contributed by atoms with Crippen LogP contribution < -0.4 is 4.90 Å². The smallest absolute Gasteiger partial charge is 0.227 e. The third-order valence-corrected chi connectivity index (χ3v) is 2.47. The molecule has 1 fully saturated rings. The van der Waals surface area contributed by atoms with Gasteiger partial charge >= 0.3 is 0 Å². The van der Waals surface area contributed by atoms with Gasteiger partial charge in [-0.3, -0.25) is 4.79 Å². The zero-order valence-electron chi connectivity index (χ0n) is 8.09. The minimum Gasteiger partial charge on any atom is -0.310 e. The van der Waals surface area contributed by atoms with Crippen molar-refractivity contribution in [1.29, 1.82) is 0 Å². The molecule has 0 spiro atoms. The van der Waals surface area contributed by atoms with Crippen LogP contribution in [0, 0.1) is 12.7 Å². The number of benzene rings is 1. The molecule has 0 atom stereocenters. The third kappa shape index (κ3) is 1.50. The highest BCUT2D eigenvalue weighted by atomic mass is 19.1. The topological polar surface area (TPSA) is 20.3 Å². The summed E-state index contributed by atoms with van der Waals surface area (Å²) in [7, 11) is 0. The van der Waals surface area contributed by atoms with Gasteiger partial charge in [-0.25, -0.2) is 4.39 Å². The van der Waals surface area contributed by atoms with Crippen molar-refractivity contribution in [2.24, 2.45) is 0 Å². The molecule has 1 aromatic carbocycles. The molecule has 1 aliphatic heterocycles. The van der Waals surface area contributed by atoms with E-state index in [1.807, 2.05) is 6.92 Å². The first-order valence-electron chi connectivity index (χ1n) is 4.75. The predicted molar refractivity (Wildman–Crippen MR) is 52.7 cm³/mol. The van der Waals surface area contributed by atoms with Crippen molar-refractivity contribution in [2.75, 3.05) is 11.4 Å². The van der Waals surface area contributed by atoms with Gasteiger partial charge in [0.2, 0.25) is 5.91 Å². The number of amides is 1. The van der Waals surface area contributed by atoms with E-state index in [2.05, 4.69) is 0 Å². The first-order chi connectivity index (χ1) is 6.68. The van der Waals surface area contributed by atoms with Crippen LogP contribution in [0.15, 0.2) is 18.2 Å². The molecule has 3 heteroatoms. The van der Waals surface area contributed by atoms with Crippen molar-refractivity contribution in [1.82, 2.24) is 0 Å². The maximum Gasteiger partial charge on any atom is 0.227 e. The number of hydrogen-bond acceptors (Lipinski definition) is 1. The van der Waals surface area contributed by atoms with E-state index in [4.69, 9.17) is 0 Å². The minimum absolute atomic E-state index is 0.0227. The van der Waals surface area contributed by atoms with Crippen molar-refractivity contribution in [3.05, 3.63) is 29.6 Å². The fourth-order valence-electron chi connectivity index (χ4n) is 1.73. The molecule has 2 rings (SSSR count). The Morgan fingerprint density at radius 2 is 2.21 bits per heavy atom. The molecule has 0 N–H and O–H groups in total. The normalized spacial score (nSPS) is 16.4. The second-order valence-corrected chi connectivity index (χ2v) is 3.60. The Labute approximate surface area is 82.3 Å². The third-order valence-electron chi connectivity index (χ3n) is 2.47. The standard InChI is InChI=1S/C11H12FNO/c1-8-4-5-9(12)10(7-8)13-6-2-3-11(13)14/h4-5,7H,2-3,6H2,1H3. The number of anilines is 1. The molecule has 0 saturated carbocycles. The van der Waals surface area contributed by atoms with Crippen LogP contribution in [-0.2, 0) is 4.79 Å². The lowest BCUT2D eigenvalue weighted by atomic mass is 10.2. The van der Waals surface area contributed by atoms with Gasteiger partial charge in [0.05, 0.1) is 5.69 Å². The first kappa shape index (κ1) is 9.19. The van der Waals surface area contributed by atoms with Crippen molar-refractivity contribution in [3.63, 3.8) is 0 Å². The van der Waals surface area contributed by atoms with Crippen molar-refractivity contribution in [2.45, 2.75) is 19.8 Å². The molecule has 0 radical (unpaired) electrons. The lowest BCUT2D eigenvalue weighted by molar-refractivity contribution is -0.117. The van der Waals surface area contributed by atoms with Crippen molar-refractivity contribution < 1.29 is 9.18 Å². The lowest BCUT2D eigenvalue weighted by Crippen LogP contribution is -2.24. The van der Waals surface area contributed by atoms with Gasteiger partial charge in [0.25, 0.3) is 0 Å². The summed E-state index contributed by atoms with van der Waals surface area (Å²) in [5, 5.41) is 0. The molecule has 1 aliphatic rings. The number of hydrogen-bond donors (Lipinski definition) is 0. The van der Waals surface area contributed by atoms with Crippen LogP contribution in [0.1, 0.15) is 18.4 Å². The van der Waals surface area contributed by atoms with Gasteiger partial charge in [-0.15, -0.1) is 0 Å². The first-order valence-corrected chi connectivity index (χ1v) is 4.75. The van der Waals surface area contributed by atoms with Gasteiger partial charge < -0.3 is 4.90 Å². The summed E-state index contributed by atoms with van der Waals surface area (Å²) in [5.41, 5.74) is 1.40. The Balaban J connectivity index is 2.39. The quantitative estimate of drug-likeness (QED) is 0.670. The molecule has 1 heterocycles. The van der Waals surface area contributed by atoms with Crippen LogP contribution in [-0.4, -0.2) is 12.5 Å². The SMILES string of the molecule is Cc1ccc(F)c(N2CCCC2=O)c1. The Kier molecular flexibility index (Phi) is 2.23. The molecule has 0 unspecified atom stereocenters. The van der Waals surface area contributed by atoms with E-state index in [9.17, 15) is 9.18 Å². The number of carbonyl (C=O) groups excluding carboxylic acids is 1. The number of halogens is 1. The Morgan fingerprint density at radius 1 is 1.43 bits per heavy atom. The van der Waals surface area contributed by atoms with Crippen molar-refractivity contribution >= 4 is 11.6 Å². The number of rotatable bonds is 1. The van der Waals surface area contributed by atoms with Crippen molar-refractivity contribution in [3.8, 4) is 0 Å². The highest BCUT2D eigenvalue weighted by Crippen LogP contribution is 2.25. The van der Waals surface area contributed by atoms with E-state index in [-0.39, 0.29) is 11.7 Å². The monoisotopic (exact) mass is 193 g/mol. The molecule has 0 aromatic heterocycles. The van der Waals surface area contributed by atoms with E-state index in [0.29, 0.717) is 18.7 Å². The summed E-state index contributed by atoms with van der Waals surface area (Å²) < 4.78 is 13.4. The summed E-state index contributed by atoms with van der Waals surface area (Å²) in [6, 6.07) is 4.84. The van der Waals surface area contributed by atoms with E-state index < -0.39 is 0 Å². The van der Waals surface area contributed by atoms with Crippen LogP contribution >= 0.6 is 0 Å². The molecule has 0 bridgehead atoms. The molecule has 14 heavy (non-hydrogen) atoms. The van der Waals surface area contributed by atoms with E-state index >= 15 is 0 Å². The summed E-state index contributed by atoms with van der Waals surface area (Å²) in [4.78, 5) is 12.9. The molecular weight excluding hydrogens is 181 g/mol. The second-order valence-electron chi connectivity index (χ2n) is 3.60. The summed E-state index contributed by atoms with van der Waals surface area (Å²) >= 11 is 0. The molecular formula is C11H12FNO. The number of carbonyl (C=O) groups is 1. The maximum absolute atomic E-state index is 13.4. The Hall–Kier alpha value is -1.38. The van der Waals surface area contributed by atoms with Crippen LogP contribution in [0.5, 0.6) is 0 Å². The second kappa shape index (κ2) is 3.40. The molecule has 1 amide bonds. The summed E-state index contributed by atoms with van der Waals surface area (Å²) in [5.74, 6) is -0.291. The van der Waals surface area contributed by atoms with Gasteiger partial charge in [0.15, 0.2) is 0 Å². The fourth-order valence-corrected chi connectivity index (χ4v) is 1.73. The molecule has 2 nitrogen and oxygen atoms in total. The van der Waals surface area contributed by atoms with E-state index in [1.54, 1.807) is 12.1 Å². The molecule has 1 aromatic rings. The zero-order chi connectivity index (χ0) is 10.1. The van der Waals surface area contributed by atoms with Gasteiger partial charge in [-0.2, -0.15) is 0 Å². The molecule has 74 valence electrons. The number of nitrogens with zero attached hydrogens (tertiary/aromatic N) is 1. The van der Waals surface area contributed by atoms with E-state index in [0.717, 1.165) is 12.0 Å². The highest BCUT2D eigenvalue weighted by molar-refractivity contribution is 5.95. The average molecular weight is 193 g/mol. The van der Waals surface area contributed by atoms with E-state index in [1.165, 1.54) is 11.0 Å². The Morgan fingerprint density at radius 3 is 2.86 bits per heavy atom. The fraction of sp³-hybridized carbons (Fsp3) is 0.364. The largest absolute Gasteiger partial charge is 0.310 e. The van der Waals surface area contributed by atoms with Gasteiger partial charge in [-0.05, 0) is 31.0 Å². The van der Waals surface area contributed by atoms with Crippen LogP contribution in [0.2, 0.25) is 0 Å². The lowest BCUT2D eigenvalue weighted by Gasteiger charge is -2.16. The number of aryl methyl sites for hydroxylation is 1. The van der Waals surface area contributed by atoms with Crippen LogP contribution in [0.3, 0.4) is 0 Å². The summed E-state index contributed by atoms with van der Waals surface area (Å²) in [6.45, 7) is 2.53. The van der Waals surface area contributed by atoms with Crippen LogP contribution in [0.25, 0.3) is 0 Å². The maximum atomic E-state index is 13.4. The molecule has 0 aliphatic carbocycles. The van der Waals surface area contributed by atoms with Gasteiger partial charge in [0.1, 0.15) is 5.82 Å². The molecule has 1 saturated heterocycles. The predicted octanol–water partition coefficient (Wildman–Crippen LogP) is 2.26. The highest BCUT2D eigenvalue weighted by Gasteiger charge is 2.23. The average Bonchev–Trinajstić information content (AvgIpc) is 2.56. The van der Waals surface area contributed by atoms with Gasteiger partial charge in [0, 0.05) is 13.0 Å². The Bertz CT molecular complexity index is 376. The zero-order valence-corrected chi connectivity index (χ0v) is 8.09. The van der Waals surface area contributed by atoms with Crippen LogP contribution in [0.4, 0.5) is 10.1 Å². The van der Waals surface area contributed by atoms with Gasteiger partial charge in [-0.1, -0.05) is 6.07 Å². The minimum atomic E-state index is -0.314.